The standard InChI is InChI=1S/C14H24N2OS/c1-10-5-2-3-6-11(10)9-16-13(17)14(12(15)18)7-4-8-14/h10-11H,2-9H2,1H3,(H2,15,18)(H,16,17). The van der Waals surface area contributed by atoms with Crippen LogP contribution in [0.5, 0.6) is 0 Å². The van der Waals surface area contributed by atoms with E-state index >= 15 is 0 Å². The lowest BCUT2D eigenvalue weighted by molar-refractivity contribution is -0.131. The van der Waals surface area contributed by atoms with E-state index in [1.165, 1.54) is 25.7 Å². The summed E-state index contributed by atoms with van der Waals surface area (Å²) >= 11 is 5.07. The van der Waals surface area contributed by atoms with Crippen molar-refractivity contribution in [3.63, 3.8) is 0 Å². The molecule has 3 N–H and O–H groups in total. The van der Waals surface area contributed by atoms with Crippen molar-refractivity contribution >= 4 is 23.1 Å². The number of carbonyl (C=O) groups is 1. The fourth-order valence-electron chi connectivity index (χ4n) is 3.20. The van der Waals surface area contributed by atoms with Crippen molar-refractivity contribution in [2.45, 2.75) is 51.9 Å². The van der Waals surface area contributed by atoms with Crippen molar-refractivity contribution in [3.8, 4) is 0 Å². The Morgan fingerprint density at radius 2 is 2.00 bits per heavy atom. The average molecular weight is 268 g/mol. The van der Waals surface area contributed by atoms with Crippen molar-refractivity contribution < 1.29 is 4.79 Å². The van der Waals surface area contributed by atoms with Crippen LogP contribution < -0.4 is 11.1 Å². The van der Waals surface area contributed by atoms with Crippen molar-refractivity contribution in [3.05, 3.63) is 0 Å². The minimum absolute atomic E-state index is 0.0685. The molecule has 0 spiro atoms. The molecule has 2 aliphatic carbocycles. The third-order valence-corrected chi connectivity index (χ3v) is 5.32. The second kappa shape index (κ2) is 5.55. The lowest BCUT2D eigenvalue weighted by atomic mass is 9.68. The Morgan fingerprint density at radius 3 is 2.50 bits per heavy atom. The monoisotopic (exact) mass is 268 g/mol. The van der Waals surface area contributed by atoms with E-state index in [1.807, 2.05) is 0 Å². The van der Waals surface area contributed by atoms with Gasteiger partial charge in [-0.25, -0.2) is 0 Å². The van der Waals surface area contributed by atoms with Gasteiger partial charge in [0.05, 0.1) is 10.4 Å². The molecule has 2 rings (SSSR count). The van der Waals surface area contributed by atoms with Gasteiger partial charge in [-0.3, -0.25) is 4.79 Å². The van der Waals surface area contributed by atoms with Crippen LogP contribution >= 0.6 is 12.2 Å². The molecule has 2 aliphatic rings. The van der Waals surface area contributed by atoms with E-state index in [4.69, 9.17) is 18.0 Å². The van der Waals surface area contributed by atoms with E-state index in [-0.39, 0.29) is 5.91 Å². The van der Waals surface area contributed by atoms with Crippen LogP contribution in [0.1, 0.15) is 51.9 Å². The number of hydrogen-bond donors (Lipinski definition) is 2. The maximum Gasteiger partial charge on any atom is 0.233 e. The predicted octanol–water partition coefficient (Wildman–Crippen LogP) is 2.39. The summed E-state index contributed by atoms with van der Waals surface area (Å²) in [6.07, 6.45) is 7.88. The average Bonchev–Trinajstić information content (AvgIpc) is 2.26. The van der Waals surface area contributed by atoms with Crippen LogP contribution in [-0.4, -0.2) is 17.4 Å². The normalized spacial score (nSPS) is 30.3. The van der Waals surface area contributed by atoms with E-state index in [9.17, 15) is 4.79 Å². The number of hydrogen-bond acceptors (Lipinski definition) is 2. The topological polar surface area (TPSA) is 55.1 Å². The molecule has 0 aliphatic heterocycles. The van der Waals surface area contributed by atoms with E-state index < -0.39 is 5.41 Å². The Morgan fingerprint density at radius 1 is 1.33 bits per heavy atom. The Bertz CT molecular complexity index is 339. The maximum atomic E-state index is 12.3. The molecule has 2 saturated carbocycles. The Hall–Kier alpha value is -0.640. The van der Waals surface area contributed by atoms with Crippen LogP contribution in [0.4, 0.5) is 0 Å². The quantitative estimate of drug-likeness (QED) is 0.770. The molecule has 3 nitrogen and oxygen atoms in total. The van der Waals surface area contributed by atoms with E-state index in [0.717, 1.165) is 31.7 Å². The number of nitrogens with two attached hydrogens (primary N) is 1. The van der Waals surface area contributed by atoms with Crippen LogP contribution in [0.25, 0.3) is 0 Å². The molecule has 2 unspecified atom stereocenters. The van der Waals surface area contributed by atoms with Crippen LogP contribution in [0.15, 0.2) is 0 Å². The van der Waals surface area contributed by atoms with E-state index in [1.54, 1.807) is 0 Å². The van der Waals surface area contributed by atoms with Gasteiger partial charge in [0.15, 0.2) is 0 Å². The van der Waals surface area contributed by atoms with Gasteiger partial charge in [0.2, 0.25) is 5.91 Å². The van der Waals surface area contributed by atoms with Gasteiger partial charge in [-0.05, 0) is 31.1 Å². The highest BCUT2D eigenvalue weighted by Gasteiger charge is 2.46. The molecule has 102 valence electrons. The molecule has 0 aromatic heterocycles. The summed E-state index contributed by atoms with van der Waals surface area (Å²) in [4.78, 5) is 12.6. The minimum Gasteiger partial charge on any atom is -0.392 e. The SMILES string of the molecule is CC1CCCCC1CNC(=O)C1(C(N)=S)CCC1. The molecule has 0 aromatic rings. The predicted molar refractivity (Wildman–Crippen MR) is 77.2 cm³/mol. The van der Waals surface area contributed by atoms with E-state index in [2.05, 4.69) is 12.2 Å². The van der Waals surface area contributed by atoms with Gasteiger partial charge in [0.1, 0.15) is 0 Å². The first-order valence-electron chi connectivity index (χ1n) is 7.14. The number of thiocarbonyl (C=S) groups is 1. The summed E-state index contributed by atoms with van der Waals surface area (Å²) in [7, 11) is 0. The zero-order valence-corrected chi connectivity index (χ0v) is 12.0. The number of amides is 1. The van der Waals surface area contributed by atoms with Crippen LogP contribution in [0.2, 0.25) is 0 Å². The van der Waals surface area contributed by atoms with Gasteiger partial charge in [-0.15, -0.1) is 0 Å². The van der Waals surface area contributed by atoms with Crippen LogP contribution in [-0.2, 0) is 4.79 Å². The number of carbonyl (C=O) groups excluding carboxylic acids is 1. The zero-order valence-electron chi connectivity index (χ0n) is 11.2. The van der Waals surface area contributed by atoms with Crippen molar-refractivity contribution in [1.29, 1.82) is 0 Å². The Labute approximate surface area is 115 Å². The van der Waals surface area contributed by atoms with Crippen LogP contribution in [0.3, 0.4) is 0 Å². The molecule has 0 saturated heterocycles. The first kappa shape index (κ1) is 13.8. The molecule has 0 heterocycles. The Kier molecular flexibility index (Phi) is 4.25. The smallest absolute Gasteiger partial charge is 0.233 e. The van der Waals surface area contributed by atoms with Crippen molar-refractivity contribution in [1.82, 2.24) is 5.32 Å². The highest BCUT2D eigenvalue weighted by atomic mass is 32.1. The summed E-state index contributed by atoms with van der Waals surface area (Å²) in [6.45, 7) is 3.09. The van der Waals surface area contributed by atoms with E-state index in [0.29, 0.717) is 10.9 Å². The molecular formula is C14H24N2OS. The molecule has 0 bridgehead atoms. The molecule has 4 heteroatoms. The maximum absolute atomic E-state index is 12.3. The molecule has 2 atom stereocenters. The highest BCUT2D eigenvalue weighted by molar-refractivity contribution is 7.80. The van der Waals surface area contributed by atoms with Crippen molar-refractivity contribution in [2.75, 3.05) is 6.54 Å². The fourth-order valence-corrected chi connectivity index (χ4v) is 3.50. The molecular weight excluding hydrogens is 244 g/mol. The van der Waals surface area contributed by atoms with Gasteiger partial charge in [-0.2, -0.15) is 0 Å². The highest BCUT2D eigenvalue weighted by Crippen LogP contribution is 2.41. The lowest BCUT2D eigenvalue weighted by Crippen LogP contribution is -2.54. The molecule has 2 fully saturated rings. The van der Waals surface area contributed by atoms with Crippen molar-refractivity contribution in [2.24, 2.45) is 23.0 Å². The van der Waals surface area contributed by atoms with Gasteiger partial charge in [0, 0.05) is 6.54 Å². The van der Waals surface area contributed by atoms with Gasteiger partial charge in [-0.1, -0.05) is 44.8 Å². The number of rotatable bonds is 4. The third-order valence-electron chi connectivity index (χ3n) is 4.93. The first-order chi connectivity index (χ1) is 8.56. The second-order valence-corrected chi connectivity index (χ2v) is 6.47. The van der Waals surface area contributed by atoms with Gasteiger partial charge in [0.25, 0.3) is 0 Å². The molecule has 0 radical (unpaired) electrons. The fraction of sp³-hybridized carbons (Fsp3) is 0.857. The van der Waals surface area contributed by atoms with Gasteiger partial charge < -0.3 is 11.1 Å². The van der Waals surface area contributed by atoms with Crippen LogP contribution in [0, 0.1) is 17.3 Å². The summed E-state index contributed by atoms with van der Waals surface area (Å²) < 4.78 is 0. The summed E-state index contributed by atoms with van der Waals surface area (Å²) in [5, 5.41) is 3.10. The minimum atomic E-state index is -0.521. The lowest BCUT2D eigenvalue weighted by Gasteiger charge is -2.40. The zero-order chi connectivity index (χ0) is 13.2. The summed E-state index contributed by atoms with van der Waals surface area (Å²) in [5.41, 5.74) is 5.22. The first-order valence-corrected chi connectivity index (χ1v) is 7.55. The molecule has 0 aromatic carbocycles. The molecule has 18 heavy (non-hydrogen) atoms. The second-order valence-electron chi connectivity index (χ2n) is 6.03. The number of nitrogens with one attached hydrogen (secondary N) is 1. The largest absolute Gasteiger partial charge is 0.392 e. The Balaban J connectivity index is 1.86. The summed E-state index contributed by atoms with van der Waals surface area (Å²) in [6, 6.07) is 0. The molecule has 1 amide bonds. The van der Waals surface area contributed by atoms with Gasteiger partial charge >= 0.3 is 0 Å². The third kappa shape index (κ3) is 2.53. The summed E-state index contributed by atoms with van der Waals surface area (Å²) in [5.74, 6) is 1.42.